The molecule has 0 saturated carbocycles. The van der Waals surface area contributed by atoms with Crippen LogP contribution in [0, 0.1) is 0 Å². The average molecular weight is 216 g/mol. The van der Waals surface area contributed by atoms with Gasteiger partial charge in [-0.3, -0.25) is 4.98 Å². The molecule has 0 aliphatic heterocycles. The summed E-state index contributed by atoms with van der Waals surface area (Å²) in [5.74, 6) is 0. The van der Waals surface area contributed by atoms with Crippen LogP contribution >= 0.6 is 0 Å². The maximum atomic E-state index is 4.25. The Morgan fingerprint density at radius 2 is 2.19 bits per heavy atom. The number of pyridine rings is 1. The van der Waals surface area contributed by atoms with Crippen LogP contribution in [-0.2, 0) is 0 Å². The average Bonchev–Trinajstić information content (AvgIpc) is 2.80. The number of hydrogen-bond acceptors (Lipinski definition) is 3. The highest BCUT2D eigenvalue weighted by atomic mass is 15.4. The number of aromatic nitrogens is 4. The second kappa shape index (κ2) is 4.88. The Kier molecular flexibility index (Phi) is 3.29. The summed E-state index contributed by atoms with van der Waals surface area (Å²) in [5.41, 5.74) is 1.71. The molecule has 16 heavy (non-hydrogen) atoms. The molecule has 4 heteroatoms. The van der Waals surface area contributed by atoms with E-state index in [1.165, 1.54) is 0 Å². The maximum absolute atomic E-state index is 4.25. The molecule has 0 radical (unpaired) electrons. The van der Waals surface area contributed by atoms with Crippen molar-refractivity contribution < 1.29 is 0 Å². The molecule has 4 nitrogen and oxygen atoms in total. The molecule has 0 saturated heterocycles. The van der Waals surface area contributed by atoms with Crippen LogP contribution < -0.4 is 0 Å². The molecule has 0 fully saturated rings. The number of rotatable bonds is 4. The SMILES string of the molecule is CCCC(C)n1cc(-c2ccccn2)nn1. The molecule has 1 atom stereocenters. The van der Waals surface area contributed by atoms with E-state index in [0.717, 1.165) is 24.2 Å². The van der Waals surface area contributed by atoms with Crippen molar-refractivity contribution in [2.24, 2.45) is 0 Å². The van der Waals surface area contributed by atoms with Gasteiger partial charge in [0.25, 0.3) is 0 Å². The zero-order valence-corrected chi connectivity index (χ0v) is 9.67. The summed E-state index contributed by atoms with van der Waals surface area (Å²) in [5, 5.41) is 8.28. The molecular formula is C12H16N4. The van der Waals surface area contributed by atoms with Crippen molar-refractivity contribution in [3.8, 4) is 11.4 Å². The van der Waals surface area contributed by atoms with E-state index < -0.39 is 0 Å². The molecule has 0 N–H and O–H groups in total. The fourth-order valence-corrected chi connectivity index (χ4v) is 1.67. The topological polar surface area (TPSA) is 43.6 Å². The summed E-state index contributed by atoms with van der Waals surface area (Å²) in [4.78, 5) is 4.25. The first-order valence-corrected chi connectivity index (χ1v) is 5.64. The van der Waals surface area contributed by atoms with E-state index in [4.69, 9.17) is 0 Å². The van der Waals surface area contributed by atoms with Crippen LogP contribution in [0.25, 0.3) is 11.4 Å². The van der Waals surface area contributed by atoms with Crippen molar-refractivity contribution in [2.75, 3.05) is 0 Å². The second-order valence-electron chi connectivity index (χ2n) is 3.94. The number of nitrogens with zero attached hydrogens (tertiary/aromatic N) is 4. The van der Waals surface area contributed by atoms with E-state index in [-0.39, 0.29) is 0 Å². The van der Waals surface area contributed by atoms with Gasteiger partial charge in [-0.25, -0.2) is 4.68 Å². The molecule has 2 aromatic rings. The van der Waals surface area contributed by atoms with Crippen LogP contribution in [0.5, 0.6) is 0 Å². The normalized spacial score (nSPS) is 12.6. The van der Waals surface area contributed by atoms with Crippen LogP contribution in [0.15, 0.2) is 30.6 Å². The Morgan fingerprint density at radius 1 is 1.31 bits per heavy atom. The minimum Gasteiger partial charge on any atom is -0.254 e. The molecular weight excluding hydrogens is 200 g/mol. The van der Waals surface area contributed by atoms with Crippen LogP contribution in [0.2, 0.25) is 0 Å². The van der Waals surface area contributed by atoms with Gasteiger partial charge in [-0.15, -0.1) is 5.10 Å². The van der Waals surface area contributed by atoms with Crippen LogP contribution in [-0.4, -0.2) is 20.0 Å². The predicted molar refractivity (Wildman–Crippen MR) is 62.9 cm³/mol. The molecule has 0 aliphatic carbocycles. The lowest BCUT2D eigenvalue weighted by Crippen LogP contribution is -2.05. The highest BCUT2D eigenvalue weighted by molar-refractivity contribution is 5.51. The highest BCUT2D eigenvalue weighted by Gasteiger charge is 2.08. The lowest BCUT2D eigenvalue weighted by molar-refractivity contribution is 0.443. The molecule has 1 unspecified atom stereocenters. The molecule has 0 aliphatic rings. The monoisotopic (exact) mass is 216 g/mol. The molecule has 0 aromatic carbocycles. The van der Waals surface area contributed by atoms with E-state index in [1.54, 1.807) is 6.20 Å². The van der Waals surface area contributed by atoms with Gasteiger partial charge in [0.05, 0.1) is 17.9 Å². The Balaban J connectivity index is 2.20. The van der Waals surface area contributed by atoms with Gasteiger partial charge >= 0.3 is 0 Å². The van der Waals surface area contributed by atoms with Crippen LogP contribution in [0.4, 0.5) is 0 Å². The van der Waals surface area contributed by atoms with E-state index in [9.17, 15) is 0 Å². The van der Waals surface area contributed by atoms with Crippen molar-refractivity contribution in [3.63, 3.8) is 0 Å². The first-order chi connectivity index (χ1) is 7.81. The summed E-state index contributed by atoms with van der Waals surface area (Å²) < 4.78 is 1.91. The van der Waals surface area contributed by atoms with Gasteiger partial charge in [-0.2, -0.15) is 0 Å². The summed E-state index contributed by atoms with van der Waals surface area (Å²) in [7, 11) is 0. The first kappa shape index (κ1) is 10.8. The first-order valence-electron chi connectivity index (χ1n) is 5.64. The van der Waals surface area contributed by atoms with E-state index in [2.05, 4.69) is 29.1 Å². The van der Waals surface area contributed by atoms with Gasteiger partial charge in [0.2, 0.25) is 0 Å². The standard InChI is InChI=1S/C12H16N4/c1-3-6-10(2)16-9-12(14-15-16)11-7-4-5-8-13-11/h4-5,7-10H,3,6H2,1-2H3. The largest absolute Gasteiger partial charge is 0.254 e. The molecule has 0 amide bonds. The lowest BCUT2D eigenvalue weighted by Gasteiger charge is -2.08. The Bertz CT molecular complexity index is 435. The minimum absolute atomic E-state index is 0.398. The Morgan fingerprint density at radius 3 is 2.88 bits per heavy atom. The van der Waals surface area contributed by atoms with E-state index in [0.29, 0.717) is 6.04 Å². The van der Waals surface area contributed by atoms with Crippen LogP contribution in [0.3, 0.4) is 0 Å². The van der Waals surface area contributed by atoms with Crippen molar-refractivity contribution in [1.82, 2.24) is 20.0 Å². The van der Waals surface area contributed by atoms with Gasteiger partial charge < -0.3 is 0 Å². The van der Waals surface area contributed by atoms with Crippen molar-refractivity contribution in [1.29, 1.82) is 0 Å². The smallest absolute Gasteiger partial charge is 0.131 e. The minimum atomic E-state index is 0.398. The Labute approximate surface area is 95.3 Å². The quantitative estimate of drug-likeness (QED) is 0.789. The zero-order valence-electron chi connectivity index (χ0n) is 9.67. The Hall–Kier alpha value is -1.71. The van der Waals surface area contributed by atoms with Gasteiger partial charge in [0.15, 0.2) is 0 Å². The fraction of sp³-hybridized carbons (Fsp3) is 0.417. The van der Waals surface area contributed by atoms with E-state index in [1.807, 2.05) is 29.1 Å². The summed E-state index contributed by atoms with van der Waals surface area (Å²) in [6, 6.07) is 6.19. The van der Waals surface area contributed by atoms with Crippen molar-refractivity contribution in [3.05, 3.63) is 30.6 Å². The number of hydrogen-bond donors (Lipinski definition) is 0. The molecule has 0 spiro atoms. The molecule has 2 rings (SSSR count). The van der Waals surface area contributed by atoms with Crippen molar-refractivity contribution in [2.45, 2.75) is 32.7 Å². The van der Waals surface area contributed by atoms with Gasteiger partial charge in [-0.1, -0.05) is 24.6 Å². The van der Waals surface area contributed by atoms with Gasteiger partial charge in [0.1, 0.15) is 5.69 Å². The highest BCUT2D eigenvalue weighted by Crippen LogP contribution is 2.16. The van der Waals surface area contributed by atoms with Gasteiger partial charge in [0, 0.05) is 6.20 Å². The third-order valence-electron chi connectivity index (χ3n) is 2.60. The summed E-state index contributed by atoms with van der Waals surface area (Å²) >= 11 is 0. The summed E-state index contributed by atoms with van der Waals surface area (Å²) in [6.07, 6.45) is 6.00. The van der Waals surface area contributed by atoms with Gasteiger partial charge in [-0.05, 0) is 25.5 Å². The predicted octanol–water partition coefficient (Wildman–Crippen LogP) is 2.70. The fourth-order valence-electron chi connectivity index (χ4n) is 1.67. The van der Waals surface area contributed by atoms with E-state index >= 15 is 0 Å². The summed E-state index contributed by atoms with van der Waals surface area (Å²) in [6.45, 7) is 4.33. The molecule has 0 bridgehead atoms. The molecule has 84 valence electrons. The lowest BCUT2D eigenvalue weighted by atomic mass is 10.2. The maximum Gasteiger partial charge on any atom is 0.131 e. The third-order valence-corrected chi connectivity index (χ3v) is 2.60. The van der Waals surface area contributed by atoms with Crippen LogP contribution in [0.1, 0.15) is 32.7 Å². The molecule has 2 aromatic heterocycles. The second-order valence-corrected chi connectivity index (χ2v) is 3.94. The molecule has 2 heterocycles. The zero-order chi connectivity index (χ0) is 11.4. The third kappa shape index (κ3) is 2.27. The van der Waals surface area contributed by atoms with Crippen molar-refractivity contribution >= 4 is 0 Å².